The number of aliphatic carboxylic acids is 1. The molecule has 6 nitrogen and oxygen atoms in total. The van der Waals surface area contributed by atoms with Gasteiger partial charge in [0.05, 0.1) is 5.56 Å². The minimum atomic E-state index is -4.37. The fraction of sp³-hybridized carbons (Fsp3) is 0.588. The fourth-order valence-electron chi connectivity index (χ4n) is 7.55. The summed E-state index contributed by atoms with van der Waals surface area (Å²) in [6.45, 7) is 4.50. The summed E-state index contributed by atoms with van der Waals surface area (Å²) in [5.41, 5.74) is 1.23. The molecule has 1 amide bonds. The van der Waals surface area contributed by atoms with Crippen molar-refractivity contribution in [3.63, 3.8) is 0 Å². The quantitative estimate of drug-likeness (QED) is 0.342. The Labute approximate surface area is 252 Å². The predicted molar refractivity (Wildman–Crippen MR) is 159 cm³/mol. The van der Waals surface area contributed by atoms with Gasteiger partial charge in [0.15, 0.2) is 0 Å². The number of carbonyl (C=O) groups excluding carboxylic acids is 1. The second kappa shape index (κ2) is 14.2. The van der Waals surface area contributed by atoms with E-state index in [1.807, 2.05) is 6.07 Å². The number of halogens is 3. The smallest absolute Gasteiger partial charge is 0.416 e. The van der Waals surface area contributed by atoms with E-state index >= 15 is 0 Å². The number of rotatable bonds is 10. The summed E-state index contributed by atoms with van der Waals surface area (Å²) in [6, 6.07) is 15.0. The molecular weight excluding hydrogens is 555 g/mol. The second-order valence-electron chi connectivity index (χ2n) is 12.8. The van der Waals surface area contributed by atoms with E-state index in [1.54, 1.807) is 0 Å². The normalized spacial score (nSPS) is 23.7. The number of benzene rings is 2. The molecule has 9 heteroatoms. The van der Waals surface area contributed by atoms with Crippen molar-refractivity contribution in [2.24, 2.45) is 17.8 Å². The maximum atomic E-state index is 12.8. The third-order valence-corrected chi connectivity index (χ3v) is 9.88. The summed E-state index contributed by atoms with van der Waals surface area (Å²) in [6.07, 6.45) is 3.33. The Bertz CT molecular complexity index is 1190. The Hall–Kier alpha value is -2.91. The number of hydrogen-bond acceptors (Lipinski definition) is 4. The van der Waals surface area contributed by atoms with Crippen LogP contribution < -0.4 is 5.32 Å². The van der Waals surface area contributed by atoms with Crippen LogP contribution in [0.1, 0.15) is 74.0 Å². The molecule has 234 valence electrons. The van der Waals surface area contributed by atoms with Crippen LogP contribution in [0.3, 0.4) is 0 Å². The van der Waals surface area contributed by atoms with Gasteiger partial charge >= 0.3 is 12.1 Å². The van der Waals surface area contributed by atoms with Crippen LogP contribution in [0.15, 0.2) is 54.6 Å². The topological polar surface area (TPSA) is 72.9 Å². The van der Waals surface area contributed by atoms with Crippen molar-refractivity contribution in [2.75, 3.05) is 32.7 Å². The third-order valence-electron chi connectivity index (χ3n) is 9.88. The number of piperidine rings is 1. The second-order valence-corrected chi connectivity index (χ2v) is 12.8. The van der Waals surface area contributed by atoms with Crippen LogP contribution in [0.2, 0.25) is 0 Å². The highest BCUT2D eigenvalue weighted by Crippen LogP contribution is 2.39. The largest absolute Gasteiger partial charge is 0.480 e. The van der Waals surface area contributed by atoms with Gasteiger partial charge in [-0.15, -0.1) is 0 Å². The van der Waals surface area contributed by atoms with Gasteiger partial charge in [0.2, 0.25) is 5.91 Å². The summed E-state index contributed by atoms with van der Waals surface area (Å²) < 4.78 is 38.4. The minimum absolute atomic E-state index is 0.0728. The van der Waals surface area contributed by atoms with Crippen LogP contribution in [0.25, 0.3) is 0 Å². The summed E-state index contributed by atoms with van der Waals surface area (Å²) in [4.78, 5) is 29.8. The molecule has 2 aromatic rings. The molecule has 2 heterocycles. The first-order valence-electron chi connectivity index (χ1n) is 15.8. The van der Waals surface area contributed by atoms with Crippen LogP contribution in [0.5, 0.6) is 0 Å². The van der Waals surface area contributed by atoms with Crippen LogP contribution in [0, 0.1) is 17.8 Å². The van der Waals surface area contributed by atoms with Crippen molar-refractivity contribution in [3.8, 4) is 0 Å². The monoisotopic (exact) mass is 599 g/mol. The van der Waals surface area contributed by atoms with Gasteiger partial charge < -0.3 is 15.3 Å². The predicted octanol–water partition coefficient (Wildman–Crippen LogP) is 6.17. The van der Waals surface area contributed by atoms with Gasteiger partial charge in [-0.3, -0.25) is 14.5 Å². The lowest BCUT2D eigenvalue weighted by molar-refractivity contribution is -0.145. The maximum absolute atomic E-state index is 12.8. The van der Waals surface area contributed by atoms with Crippen molar-refractivity contribution in [3.05, 3.63) is 71.3 Å². The zero-order valence-electron chi connectivity index (χ0n) is 24.8. The Morgan fingerprint density at radius 1 is 0.907 bits per heavy atom. The molecule has 2 saturated heterocycles. The van der Waals surface area contributed by atoms with Crippen LogP contribution in [0.4, 0.5) is 13.2 Å². The number of carboxylic acids is 1. The lowest BCUT2D eigenvalue weighted by Crippen LogP contribution is -2.46. The Kier molecular flexibility index (Phi) is 10.4. The van der Waals surface area contributed by atoms with Crippen molar-refractivity contribution in [2.45, 2.75) is 76.0 Å². The van der Waals surface area contributed by atoms with Crippen molar-refractivity contribution in [1.82, 2.24) is 15.1 Å². The molecule has 2 aliphatic heterocycles. The van der Waals surface area contributed by atoms with Gasteiger partial charge in [-0.2, -0.15) is 13.2 Å². The van der Waals surface area contributed by atoms with Crippen molar-refractivity contribution >= 4 is 11.9 Å². The number of nitrogens with zero attached hydrogens (tertiary/aromatic N) is 2. The SMILES string of the molecule is O=C(CC1CCN(C[C@H]2CN([C@@H](C(=O)O)C3CCCCC3)C[C@@H]2c2ccccc2)CC1)NCc1ccc(C(F)(F)F)cc1. The molecule has 3 atom stereocenters. The molecule has 1 saturated carbocycles. The van der Waals surface area contributed by atoms with E-state index in [0.717, 1.165) is 83.4 Å². The molecular formula is C34H44F3N3O3. The zero-order valence-corrected chi connectivity index (χ0v) is 24.8. The lowest BCUT2D eigenvalue weighted by Gasteiger charge is -2.35. The number of hydrogen-bond donors (Lipinski definition) is 2. The lowest BCUT2D eigenvalue weighted by atomic mass is 9.83. The minimum Gasteiger partial charge on any atom is -0.480 e. The van der Waals surface area contributed by atoms with Crippen molar-refractivity contribution < 1.29 is 27.9 Å². The van der Waals surface area contributed by atoms with Gasteiger partial charge in [-0.05, 0) is 79.8 Å². The molecule has 43 heavy (non-hydrogen) atoms. The summed E-state index contributed by atoms with van der Waals surface area (Å²) in [7, 11) is 0. The molecule has 1 aliphatic carbocycles. The van der Waals surface area contributed by atoms with Crippen LogP contribution in [-0.2, 0) is 22.3 Å². The number of likely N-dealkylation sites (tertiary alicyclic amines) is 2. The Morgan fingerprint density at radius 3 is 2.21 bits per heavy atom. The summed E-state index contributed by atoms with van der Waals surface area (Å²) in [5, 5.41) is 13.1. The number of amides is 1. The molecule has 3 fully saturated rings. The van der Waals surface area contributed by atoms with Crippen molar-refractivity contribution in [1.29, 1.82) is 0 Å². The molecule has 2 N–H and O–H groups in total. The van der Waals surface area contributed by atoms with Gasteiger partial charge in [0.1, 0.15) is 6.04 Å². The summed E-state index contributed by atoms with van der Waals surface area (Å²) >= 11 is 0. The number of nitrogens with one attached hydrogen (secondary N) is 1. The van der Waals surface area contributed by atoms with E-state index in [1.165, 1.54) is 24.1 Å². The molecule has 0 aromatic heterocycles. The first-order chi connectivity index (χ1) is 20.7. The van der Waals surface area contributed by atoms with E-state index in [4.69, 9.17) is 0 Å². The van der Waals surface area contributed by atoms with Gasteiger partial charge in [-0.25, -0.2) is 0 Å². The van der Waals surface area contributed by atoms with E-state index in [9.17, 15) is 27.9 Å². The Morgan fingerprint density at radius 2 is 1.58 bits per heavy atom. The highest BCUT2D eigenvalue weighted by molar-refractivity contribution is 5.76. The molecule has 5 rings (SSSR count). The summed E-state index contributed by atoms with van der Waals surface area (Å²) in [5.74, 6) is 0.379. The van der Waals surface area contributed by atoms with E-state index in [-0.39, 0.29) is 24.3 Å². The molecule has 2 aromatic carbocycles. The zero-order chi connectivity index (χ0) is 30.4. The van der Waals surface area contributed by atoms with Gasteiger partial charge in [0.25, 0.3) is 0 Å². The molecule has 3 aliphatic rings. The maximum Gasteiger partial charge on any atom is 0.416 e. The van der Waals surface area contributed by atoms with E-state index in [0.29, 0.717) is 23.8 Å². The van der Waals surface area contributed by atoms with Gasteiger partial charge in [0, 0.05) is 38.5 Å². The molecule has 0 bridgehead atoms. The van der Waals surface area contributed by atoms with Gasteiger partial charge in [-0.1, -0.05) is 61.7 Å². The van der Waals surface area contributed by atoms with E-state index in [2.05, 4.69) is 39.4 Å². The average molecular weight is 600 g/mol. The average Bonchev–Trinajstić information content (AvgIpc) is 3.40. The highest BCUT2D eigenvalue weighted by Gasteiger charge is 2.43. The number of alkyl halides is 3. The number of carboxylic acid groups (broad SMARTS) is 1. The highest BCUT2D eigenvalue weighted by atomic mass is 19.4. The molecule has 0 unspecified atom stereocenters. The number of carbonyl (C=O) groups is 2. The Balaban J connectivity index is 1.13. The van der Waals surface area contributed by atoms with Crippen LogP contribution in [-0.4, -0.2) is 65.5 Å². The standard InChI is InChI=1S/C34H44F3N3O3/c35-34(36,37)29-13-11-25(12-14-29)20-38-31(41)19-24-15-17-39(18-16-24)21-28-22-40(23-30(28)26-7-3-1-4-8-26)32(33(42)43)27-9-5-2-6-10-27/h1,3-4,7-8,11-14,24,27-28,30,32H,2,5-6,9-10,15-23H2,(H,38,41)(H,42,43)/t28-,30+,32+/m0/s1. The molecule has 0 radical (unpaired) electrons. The fourth-order valence-corrected chi connectivity index (χ4v) is 7.55. The van der Waals surface area contributed by atoms with Crippen LogP contribution >= 0.6 is 0 Å². The third kappa shape index (κ3) is 8.38. The molecule has 0 spiro atoms. The van der Waals surface area contributed by atoms with E-state index < -0.39 is 23.8 Å². The first-order valence-corrected chi connectivity index (χ1v) is 15.8. The first kappa shape index (κ1) is 31.5.